The van der Waals surface area contributed by atoms with E-state index in [1.54, 1.807) is 0 Å². The van der Waals surface area contributed by atoms with E-state index in [0.29, 0.717) is 11.8 Å². The number of hydrogen-bond donors (Lipinski definition) is 1. The molecule has 0 aromatic carbocycles. The summed E-state index contributed by atoms with van der Waals surface area (Å²) in [6, 6.07) is -0.158. The predicted octanol–water partition coefficient (Wildman–Crippen LogP) is 2.21. The molecule has 0 aliphatic carbocycles. The molecule has 90 valence electrons. The van der Waals surface area contributed by atoms with Crippen molar-refractivity contribution < 1.29 is 9.53 Å². The molecule has 0 saturated heterocycles. The zero-order valence-electron chi connectivity index (χ0n) is 10.7. The van der Waals surface area contributed by atoms with Crippen molar-refractivity contribution in [1.29, 1.82) is 0 Å². The zero-order valence-corrected chi connectivity index (χ0v) is 10.7. The molecule has 0 heterocycles. The minimum absolute atomic E-state index is 0.146. The first-order chi connectivity index (χ1) is 7.06. The van der Waals surface area contributed by atoms with Crippen molar-refractivity contribution in [2.75, 3.05) is 13.7 Å². The van der Waals surface area contributed by atoms with Gasteiger partial charge in [-0.1, -0.05) is 40.5 Å². The molecule has 0 bridgehead atoms. The van der Waals surface area contributed by atoms with Crippen LogP contribution in [0, 0.1) is 11.8 Å². The maximum Gasteiger partial charge on any atom is 0.323 e. The molecule has 15 heavy (non-hydrogen) atoms. The van der Waals surface area contributed by atoms with Crippen LogP contribution in [0.5, 0.6) is 0 Å². The van der Waals surface area contributed by atoms with Gasteiger partial charge in [0.05, 0.1) is 7.11 Å². The molecule has 3 heteroatoms. The summed E-state index contributed by atoms with van der Waals surface area (Å²) in [6.45, 7) is 9.37. The number of hydrogen-bond acceptors (Lipinski definition) is 3. The largest absolute Gasteiger partial charge is 0.468 e. The van der Waals surface area contributed by atoms with Gasteiger partial charge in [-0.05, 0) is 18.4 Å². The quantitative estimate of drug-likeness (QED) is 0.662. The third-order valence-electron chi connectivity index (χ3n) is 3.05. The topological polar surface area (TPSA) is 38.3 Å². The molecule has 0 radical (unpaired) electrons. The Labute approximate surface area is 93.6 Å². The molecule has 0 aliphatic rings. The van der Waals surface area contributed by atoms with E-state index in [2.05, 4.69) is 33.0 Å². The summed E-state index contributed by atoms with van der Waals surface area (Å²) in [5, 5.41) is 3.30. The Bertz CT molecular complexity index is 182. The smallest absolute Gasteiger partial charge is 0.323 e. The number of carbonyl (C=O) groups excluding carboxylic acids is 1. The Balaban J connectivity index is 4.19. The molecule has 0 aliphatic heterocycles. The molecule has 0 aromatic rings. The van der Waals surface area contributed by atoms with E-state index in [1.165, 1.54) is 7.11 Å². The molecule has 0 aromatic heterocycles. The molecule has 0 rings (SSSR count). The molecule has 3 atom stereocenters. The zero-order chi connectivity index (χ0) is 11.8. The van der Waals surface area contributed by atoms with Gasteiger partial charge in [0.15, 0.2) is 0 Å². The monoisotopic (exact) mass is 215 g/mol. The van der Waals surface area contributed by atoms with Crippen molar-refractivity contribution in [3.63, 3.8) is 0 Å². The Morgan fingerprint density at radius 2 is 1.87 bits per heavy atom. The van der Waals surface area contributed by atoms with Crippen LogP contribution in [0.1, 0.15) is 40.5 Å². The molecular weight excluding hydrogens is 190 g/mol. The van der Waals surface area contributed by atoms with Crippen molar-refractivity contribution in [1.82, 2.24) is 5.32 Å². The van der Waals surface area contributed by atoms with Gasteiger partial charge >= 0.3 is 5.97 Å². The van der Waals surface area contributed by atoms with E-state index in [0.717, 1.165) is 19.4 Å². The molecule has 1 N–H and O–H groups in total. The van der Waals surface area contributed by atoms with Crippen molar-refractivity contribution in [2.45, 2.75) is 46.6 Å². The van der Waals surface area contributed by atoms with Crippen molar-refractivity contribution >= 4 is 5.97 Å². The molecule has 0 amide bonds. The summed E-state index contributed by atoms with van der Waals surface area (Å²) in [7, 11) is 1.45. The van der Waals surface area contributed by atoms with Crippen molar-refractivity contribution in [2.24, 2.45) is 11.8 Å². The number of rotatable bonds is 7. The van der Waals surface area contributed by atoms with Crippen molar-refractivity contribution in [3.8, 4) is 0 Å². The highest BCUT2D eigenvalue weighted by molar-refractivity contribution is 5.75. The summed E-state index contributed by atoms with van der Waals surface area (Å²) < 4.78 is 4.80. The third-order valence-corrected chi connectivity index (χ3v) is 3.05. The predicted molar refractivity (Wildman–Crippen MR) is 62.7 cm³/mol. The van der Waals surface area contributed by atoms with Gasteiger partial charge in [0.1, 0.15) is 6.04 Å². The van der Waals surface area contributed by atoms with Gasteiger partial charge in [-0.15, -0.1) is 0 Å². The van der Waals surface area contributed by atoms with Gasteiger partial charge in [0, 0.05) is 0 Å². The highest BCUT2D eigenvalue weighted by Crippen LogP contribution is 2.10. The second-order valence-electron chi connectivity index (χ2n) is 4.31. The van der Waals surface area contributed by atoms with Crippen LogP contribution in [0.25, 0.3) is 0 Å². The van der Waals surface area contributed by atoms with Gasteiger partial charge in [0.25, 0.3) is 0 Å². The average molecular weight is 215 g/mol. The first kappa shape index (κ1) is 14.4. The Morgan fingerprint density at radius 1 is 1.27 bits per heavy atom. The number of ether oxygens (including phenoxy) is 1. The van der Waals surface area contributed by atoms with E-state index < -0.39 is 0 Å². The SMILES string of the molecule is CCC(C)CNC(C(=O)OC)C(C)CC. The fourth-order valence-corrected chi connectivity index (χ4v) is 1.35. The Kier molecular flexibility index (Phi) is 7.39. The van der Waals surface area contributed by atoms with Crippen LogP contribution in [0.4, 0.5) is 0 Å². The van der Waals surface area contributed by atoms with Gasteiger partial charge in [-0.3, -0.25) is 4.79 Å². The van der Waals surface area contributed by atoms with E-state index in [9.17, 15) is 4.79 Å². The van der Waals surface area contributed by atoms with Crippen LogP contribution in [-0.4, -0.2) is 25.7 Å². The highest BCUT2D eigenvalue weighted by atomic mass is 16.5. The maximum atomic E-state index is 11.5. The van der Waals surface area contributed by atoms with Gasteiger partial charge in [-0.2, -0.15) is 0 Å². The summed E-state index contributed by atoms with van der Waals surface area (Å²) >= 11 is 0. The molecule has 0 spiro atoms. The van der Waals surface area contributed by atoms with Crippen LogP contribution in [0.2, 0.25) is 0 Å². The summed E-state index contributed by atoms with van der Waals surface area (Å²) in [6.07, 6.45) is 2.11. The lowest BCUT2D eigenvalue weighted by molar-refractivity contribution is -0.144. The number of carbonyl (C=O) groups is 1. The standard InChI is InChI=1S/C12H25NO2/c1-6-9(3)8-13-11(10(4)7-2)12(14)15-5/h9-11,13H,6-8H2,1-5H3. The fourth-order valence-electron chi connectivity index (χ4n) is 1.35. The highest BCUT2D eigenvalue weighted by Gasteiger charge is 2.24. The molecule has 3 nitrogen and oxygen atoms in total. The van der Waals surface area contributed by atoms with E-state index in [-0.39, 0.29) is 12.0 Å². The second kappa shape index (κ2) is 7.69. The lowest BCUT2D eigenvalue weighted by Gasteiger charge is -2.23. The van der Waals surface area contributed by atoms with Crippen LogP contribution in [0.3, 0.4) is 0 Å². The number of methoxy groups -OCH3 is 1. The van der Waals surface area contributed by atoms with E-state index in [4.69, 9.17) is 4.74 Å². The molecule has 0 saturated carbocycles. The fraction of sp³-hybridized carbons (Fsp3) is 0.917. The molecule has 3 unspecified atom stereocenters. The third kappa shape index (κ3) is 5.17. The number of nitrogens with one attached hydrogen (secondary N) is 1. The van der Waals surface area contributed by atoms with Gasteiger partial charge in [0.2, 0.25) is 0 Å². The van der Waals surface area contributed by atoms with Crippen LogP contribution < -0.4 is 5.32 Å². The first-order valence-electron chi connectivity index (χ1n) is 5.87. The number of esters is 1. The minimum Gasteiger partial charge on any atom is -0.468 e. The minimum atomic E-state index is -0.158. The second-order valence-corrected chi connectivity index (χ2v) is 4.31. The Morgan fingerprint density at radius 3 is 2.27 bits per heavy atom. The molecule has 0 fully saturated rings. The first-order valence-corrected chi connectivity index (χ1v) is 5.87. The van der Waals surface area contributed by atoms with Gasteiger partial charge in [-0.25, -0.2) is 0 Å². The van der Waals surface area contributed by atoms with Gasteiger partial charge < -0.3 is 10.1 Å². The van der Waals surface area contributed by atoms with E-state index in [1.807, 2.05) is 0 Å². The average Bonchev–Trinajstić information content (AvgIpc) is 2.27. The summed E-state index contributed by atoms with van der Waals surface area (Å²) in [5.41, 5.74) is 0. The summed E-state index contributed by atoms with van der Waals surface area (Å²) in [5.74, 6) is 0.773. The van der Waals surface area contributed by atoms with Crippen LogP contribution in [-0.2, 0) is 9.53 Å². The van der Waals surface area contributed by atoms with Crippen LogP contribution >= 0.6 is 0 Å². The Hall–Kier alpha value is -0.570. The summed E-state index contributed by atoms with van der Waals surface area (Å²) in [4.78, 5) is 11.5. The maximum absolute atomic E-state index is 11.5. The normalized spacial score (nSPS) is 16.9. The van der Waals surface area contributed by atoms with Crippen LogP contribution in [0.15, 0.2) is 0 Å². The molecular formula is C12H25NO2. The lowest BCUT2D eigenvalue weighted by Crippen LogP contribution is -2.44. The lowest BCUT2D eigenvalue weighted by atomic mass is 9.98. The van der Waals surface area contributed by atoms with E-state index >= 15 is 0 Å². The van der Waals surface area contributed by atoms with Crippen molar-refractivity contribution in [3.05, 3.63) is 0 Å².